The second-order valence-corrected chi connectivity index (χ2v) is 3.97. The van der Waals surface area contributed by atoms with Gasteiger partial charge >= 0.3 is 5.97 Å². The topological polar surface area (TPSA) is 38.8 Å². The van der Waals surface area contributed by atoms with Gasteiger partial charge in [0, 0.05) is 13.2 Å². The largest absolute Gasteiger partial charge is 0.466 e. The molecule has 4 nitrogen and oxygen atoms in total. The normalized spacial score (nSPS) is 15.1. The maximum atomic E-state index is 11.4. The quantitative estimate of drug-likeness (QED) is 0.600. The molecule has 0 spiro atoms. The molecule has 2 unspecified atom stereocenters. The van der Waals surface area contributed by atoms with E-state index >= 15 is 0 Å². The highest BCUT2D eigenvalue weighted by atomic mass is 16.5. The zero-order valence-electron chi connectivity index (χ0n) is 10.4. The number of nitrogens with zero attached hydrogens (tertiary/aromatic N) is 1. The van der Waals surface area contributed by atoms with Gasteiger partial charge in [-0.05, 0) is 26.9 Å². The van der Waals surface area contributed by atoms with Crippen LogP contribution in [-0.2, 0) is 14.3 Å². The Morgan fingerprint density at radius 1 is 1.40 bits per heavy atom. The van der Waals surface area contributed by atoms with Crippen molar-refractivity contribution < 1.29 is 14.3 Å². The molecule has 15 heavy (non-hydrogen) atoms. The lowest BCUT2D eigenvalue weighted by Gasteiger charge is -2.28. The molecule has 0 bridgehead atoms. The third-order valence-corrected chi connectivity index (χ3v) is 2.43. The number of carbonyl (C=O) groups excluding carboxylic acids is 1. The van der Waals surface area contributed by atoms with E-state index in [-0.39, 0.29) is 12.0 Å². The van der Waals surface area contributed by atoms with Gasteiger partial charge < -0.3 is 14.4 Å². The SMILES string of the molecule is CCOC(=O)CC(C(C)COC)N(C)C. The van der Waals surface area contributed by atoms with Crippen molar-refractivity contribution in [2.75, 3.05) is 34.4 Å². The van der Waals surface area contributed by atoms with E-state index < -0.39 is 0 Å². The summed E-state index contributed by atoms with van der Waals surface area (Å²) >= 11 is 0. The average Bonchev–Trinajstić information content (AvgIpc) is 2.14. The van der Waals surface area contributed by atoms with Crippen LogP contribution < -0.4 is 0 Å². The number of ether oxygens (including phenoxy) is 2. The van der Waals surface area contributed by atoms with Gasteiger partial charge in [-0.25, -0.2) is 0 Å². The standard InChI is InChI=1S/C11H23NO3/c1-6-15-11(13)7-10(12(3)4)9(2)8-14-5/h9-10H,6-8H2,1-5H3. The molecule has 0 saturated carbocycles. The van der Waals surface area contributed by atoms with Crippen LogP contribution in [0.2, 0.25) is 0 Å². The van der Waals surface area contributed by atoms with Crippen molar-refractivity contribution in [3.63, 3.8) is 0 Å². The Labute approximate surface area is 92.5 Å². The van der Waals surface area contributed by atoms with Crippen molar-refractivity contribution in [2.24, 2.45) is 5.92 Å². The summed E-state index contributed by atoms with van der Waals surface area (Å²) in [5, 5.41) is 0. The van der Waals surface area contributed by atoms with Gasteiger partial charge in [-0.1, -0.05) is 6.92 Å². The summed E-state index contributed by atoms with van der Waals surface area (Å²) in [5.74, 6) is 0.175. The molecule has 0 aromatic heterocycles. The molecule has 0 aliphatic rings. The third kappa shape index (κ3) is 5.74. The average molecular weight is 217 g/mol. The summed E-state index contributed by atoms with van der Waals surface area (Å²) in [7, 11) is 5.61. The summed E-state index contributed by atoms with van der Waals surface area (Å²) in [6.45, 7) is 4.99. The molecule has 0 N–H and O–H groups in total. The Bertz CT molecular complexity index is 183. The molecule has 0 aromatic rings. The van der Waals surface area contributed by atoms with E-state index in [0.717, 1.165) is 0 Å². The first kappa shape index (κ1) is 14.4. The van der Waals surface area contributed by atoms with Crippen LogP contribution in [-0.4, -0.2) is 51.3 Å². The van der Waals surface area contributed by atoms with Crippen LogP contribution in [0, 0.1) is 5.92 Å². The summed E-state index contributed by atoms with van der Waals surface area (Å²) in [6, 6.07) is 0.170. The van der Waals surface area contributed by atoms with Gasteiger partial charge in [0.25, 0.3) is 0 Å². The molecule has 0 aliphatic carbocycles. The van der Waals surface area contributed by atoms with Crippen LogP contribution in [0.25, 0.3) is 0 Å². The smallest absolute Gasteiger partial charge is 0.307 e. The number of esters is 1. The number of rotatable bonds is 7. The maximum Gasteiger partial charge on any atom is 0.307 e. The fourth-order valence-corrected chi connectivity index (χ4v) is 1.66. The lowest BCUT2D eigenvalue weighted by molar-refractivity contribution is -0.145. The van der Waals surface area contributed by atoms with Crippen LogP contribution >= 0.6 is 0 Å². The first-order chi connectivity index (χ1) is 7.02. The first-order valence-electron chi connectivity index (χ1n) is 5.33. The fourth-order valence-electron chi connectivity index (χ4n) is 1.66. The predicted octanol–water partition coefficient (Wildman–Crippen LogP) is 1.15. The second-order valence-electron chi connectivity index (χ2n) is 3.97. The van der Waals surface area contributed by atoms with Crippen molar-refractivity contribution >= 4 is 5.97 Å². The van der Waals surface area contributed by atoms with Crippen molar-refractivity contribution in [1.29, 1.82) is 0 Å². The molecule has 0 aromatic carbocycles. The van der Waals surface area contributed by atoms with E-state index in [0.29, 0.717) is 25.6 Å². The molecule has 0 saturated heterocycles. The summed E-state index contributed by atoms with van der Waals surface area (Å²) < 4.78 is 10.0. The summed E-state index contributed by atoms with van der Waals surface area (Å²) in [5.41, 5.74) is 0. The number of methoxy groups -OCH3 is 1. The minimum atomic E-state index is -0.140. The second kappa shape index (κ2) is 7.65. The fraction of sp³-hybridized carbons (Fsp3) is 0.909. The molecule has 2 atom stereocenters. The minimum absolute atomic E-state index is 0.140. The van der Waals surface area contributed by atoms with Crippen LogP contribution in [0.15, 0.2) is 0 Å². The van der Waals surface area contributed by atoms with Crippen LogP contribution in [0.3, 0.4) is 0 Å². The minimum Gasteiger partial charge on any atom is -0.466 e. The number of carbonyl (C=O) groups is 1. The Morgan fingerprint density at radius 3 is 2.40 bits per heavy atom. The van der Waals surface area contributed by atoms with Gasteiger partial charge in [-0.3, -0.25) is 4.79 Å². The predicted molar refractivity (Wildman–Crippen MR) is 59.8 cm³/mol. The molecule has 4 heteroatoms. The highest BCUT2D eigenvalue weighted by molar-refractivity contribution is 5.70. The summed E-state index contributed by atoms with van der Waals surface area (Å²) in [6.07, 6.45) is 0.422. The first-order valence-corrected chi connectivity index (χ1v) is 5.33. The monoisotopic (exact) mass is 217 g/mol. The maximum absolute atomic E-state index is 11.4. The molecule has 0 amide bonds. The van der Waals surface area contributed by atoms with Crippen molar-refractivity contribution in [3.05, 3.63) is 0 Å². The highest BCUT2D eigenvalue weighted by Crippen LogP contribution is 2.13. The van der Waals surface area contributed by atoms with Gasteiger partial charge in [-0.2, -0.15) is 0 Å². The molecule has 0 aliphatic heterocycles. The Balaban J connectivity index is 4.20. The number of hydrogen-bond acceptors (Lipinski definition) is 4. The zero-order valence-corrected chi connectivity index (χ0v) is 10.4. The van der Waals surface area contributed by atoms with E-state index in [4.69, 9.17) is 9.47 Å². The van der Waals surface area contributed by atoms with Crippen LogP contribution in [0.5, 0.6) is 0 Å². The lowest BCUT2D eigenvalue weighted by atomic mass is 9.99. The molecular weight excluding hydrogens is 194 g/mol. The van der Waals surface area contributed by atoms with Gasteiger partial charge in [0.1, 0.15) is 0 Å². The molecule has 0 radical (unpaired) electrons. The van der Waals surface area contributed by atoms with E-state index in [1.54, 1.807) is 7.11 Å². The van der Waals surface area contributed by atoms with Gasteiger partial charge in [0.15, 0.2) is 0 Å². The van der Waals surface area contributed by atoms with Crippen molar-refractivity contribution in [2.45, 2.75) is 26.3 Å². The molecule has 0 heterocycles. The summed E-state index contributed by atoms with van der Waals surface area (Å²) in [4.78, 5) is 13.4. The Morgan fingerprint density at radius 2 is 2.00 bits per heavy atom. The van der Waals surface area contributed by atoms with Crippen molar-refractivity contribution in [1.82, 2.24) is 4.90 Å². The lowest BCUT2D eigenvalue weighted by Crippen LogP contribution is -2.38. The molecule has 0 fully saturated rings. The van der Waals surface area contributed by atoms with Gasteiger partial charge in [0.2, 0.25) is 0 Å². The van der Waals surface area contributed by atoms with E-state index in [1.807, 2.05) is 25.9 Å². The van der Waals surface area contributed by atoms with E-state index in [2.05, 4.69) is 6.92 Å². The number of hydrogen-bond donors (Lipinski definition) is 0. The van der Waals surface area contributed by atoms with Crippen molar-refractivity contribution in [3.8, 4) is 0 Å². The van der Waals surface area contributed by atoms with Gasteiger partial charge in [0.05, 0.1) is 19.6 Å². The zero-order chi connectivity index (χ0) is 11.8. The Hall–Kier alpha value is -0.610. The van der Waals surface area contributed by atoms with Crippen LogP contribution in [0.1, 0.15) is 20.3 Å². The third-order valence-electron chi connectivity index (χ3n) is 2.43. The van der Waals surface area contributed by atoms with E-state index in [9.17, 15) is 4.79 Å². The van der Waals surface area contributed by atoms with Gasteiger partial charge in [-0.15, -0.1) is 0 Å². The molecular formula is C11H23NO3. The van der Waals surface area contributed by atoms with Crippen LogP contribution in [0.4, 0.5) is 0 Å². The highest BCUT2D eigenvalue weighted by Gasteiger charge is 2.23. The van der Waals surface area contributed by atoms with E-state index in [1.165, 1.54) is 0 Å². The Kier molecular flexibility index (Phi) is 7.34. The molecule has 0 rings (SSSR count). The molecule has 90 valence electrons.